The van der Waals surface area contributed by atoms with Gasteiger partial charge in [-0.1, -0.05) is 11.3 Å². The maximum atomic E-state index is 5.26. The van der Waals surface area contributed by atoms with Gasteiger partial charge in [-0.2, -0.15) is 0 Å². The van der Waals surface area contributed by atoms with E-state index in [1.54, 1.807) is 0 Å². The molecule has 0 saturated heterocycles. The zero-order chi connectivity index (χ0) is 9.42. The van der Waals surface area contributed by atoms with E-state index in [0.29, 0.717) is 0 Å². The monoisotopic (exact) mass is 321 g/mol. The molecule has 3 nitrogen and oxygen atoms in total. The molecule has 0 amide bonds. The molecule has 6 heteroatoms. The first-order valence-electron chi connectivity index (χ1n) is 3.43. The normalized spacial score (nSPS) is 10.7. The lowest BCUT2D eigenvalue weighted by Crippen LogP contribution is -2.05. The molecule has 0 radical (unpaired) electrons. The number of aromatic nitrogens is 1. The first kappa shape index (κ1) is 9.39. The second kappa shape index (κ2) is 3.53. The van der Waals surface area contributed by atoms with Crippen molar-refractivity contribution >= 4 is 58.5 Å². The van der Waals surface area contributed by atoms with E-state index in [9.17, 15) is 0 Å². The van der Waals surface area contributed by atoms with Crippen LogP contribution in [-0.2, 0) is 0 Å². The van der Waals surface area contributed by atoms with Gasteiger partial charge in [0.1, 0.15) is 0 Å². The molecule has 1 aromatic carbocycles. The summed E-state index contributed by atoms with van der Waals surface area (Å²) in [6, 6.07) is 3.97. The van der Waals surface area contributed by atoms with Gasteiger partial charge in [-0.05, 0) is 44.0 Å². The van der Waals surface area contributed by atoms with Crippen molar-refractivity contribution in [2.75, 3.05) is 5.43 Å². The fourth-order valence-corrected chi connectivity index (χ4v) is 2.61. The highest BCUT2D eigenvalue weighted by molar-refractivity contribution is 9.13. The largest absolute Gasteiger partial charge is 0.300 e. The number of fused-ring (bicyclic) bond motifs is 1. The number of halogens is 2. The Morgan fingerprint density at radius 1 is 1.31 bits per heavy atom. The Bertz CT molecular complexity index is 415. The average molecular weight is 323 g/mol. The van der Waals surface area contributed by atoms with Crippen LogP contribution in [0.25, 0.3) is 10.2 Å². The molecular formula is C7H5Br2N3S. The van der Waals surface area contributed by atoms with E-state index in [2.05, 4.69) is 42.3 Å². The van der Waals surface area contributed by atoms with Gasteiger partial charge in [0.15, 0.2) is 5.13 Å². The van der Waals surface area contributed by atoms with Crippen molar-refractivity contribution in [3.63, 3.8) is 0 Å². The molecule has 0 aliphatic rings. The molecule has 0 aliphatic carbocycles. The molecular weight excluding hydrogens is 318 g/mol. The van der Waals surface area contributed by atoms with Crippen molar-refractivity contribution in [2.45, 2.75) is 0 Å². The molecule has 0 spiro atoms. The minimum atomic E-state index is 0.722. The number of nitrogens with one attached hydrogen (secondary N) is 1. The number of hydrogen-bond acceptors (Lipinski definition) is 4. The second-order valence-electron chi connectivity index (χ2n) is 2.40. The highest BCUT2D eigenvalue weighted by Crippen LogP contribution is 2.32. The predicted molar refractivity (Wildman–Crippen MR) is 62.8 cm³/mol. The number of anilines is 1. The molecule has 13 heavy (non-hydrogen) atoms. The van der Waals surface area contributed by atoms with Crippen LogP contribution in [0.2, 0.25) is 0 Å². The summed E-state index contributed by atoms with van der Waals surface area (Å²) < 4.78 is 3.11. The van der Waals surface area contributed by atoms with Crippen LogP contribution in [0, 0.1) is 0 Å². The molecule has 0 saturated carbocycles. The number of nitrogen functional groups attached to an aromatic ring is 1. The fraction of sp³-hybridized carbons (Fsp3) is 0. The lowest BCUT2D eigenvalue weighted by molar-refractivity contribution is 1.31. The van der Waals surface area contributed by atoms with Crippen LogP contribution in [0.5, 0.6) is 0 Å². The number of hydrogen-bond donors (Lipinski definition) is 2. The summed E-state index contributed by atoms with van der Waals surface area (Å²) in [4.78, 5) is 4.26. The number of benzene rings is 1. The molecule has 2 aromatic rings. The summed E-state index contributed by atoms with van der Waals surface area (Å²) in [5.74, 6) is 5.26. The smallest absolute Gasteiger partial charge is 0.198 e. The maximum absolute atomic E-state index is 5.26. The van der Waals surface area contributed by atoms with Gasteiger partial charge in [0.05, 0.1) is 10.2 Å². The molecule has 0 bridgehead atoms. The van der Waals surface area contributed by atoms with Crippen LogP contribution in [0.1, 0.15) is 0 Å². The number of rotatable bonds is 1. The van der Waals surface area contributed by atoms with Crippen molar-refractivity contribution in [3.8, 4) is 0 Å². The Morgan fingerprint density at radius 2 is 2.00 bits per heavy atom. The van der Waals surface area contributed by atoms with Crippen molar-refractivity contribution in [3.05, 3.63) is 21.1 Å². The Hall–Kier alpha value is -0.170. The van der Waals surface area contributed by atoms with E-state index in [0.717, 1.165) is 24.3 Å². The van der Waals surface area contributed by atoms with Crippen LogP contribution in [-0.4, -0.2) is 4.98 Å². The fourth-order valence-electron chi connectivity index (χ4n) is 0.985. The van der Waals surface area contributed by atoms with E-state index >= 15 is 0 Å². The Kier molecular flexibility index (Phi) is 2.55. The van der Waals surface area contributed by atoms with Gasteiger partial charge in [0.2, 0.25) is 0 Å². The summed E-state index contributed by atoms with van der Waals surface area (Å²) in [7, 11) is 0. The molecule has 0 atom stereocenters. The average Bonchev–Trinajstić information content (AvgIpc) is 2.48. The quantitative estimate of drug-likeness (QED) is 0.626. The van der Waals surface area contributed by atoms with Crippen molar-refractivity contribution in [1.29, 1.82) is 0 Å². The first-order valence-corrected chi connectivity index (χ1v) is 5.83. The van der Waals surface area contributed by atoms with E-state index in [4.69, 9.17) is 5.84 Å². The van der Waals surface area contributed by atoms with Crippen LogP contribution < -0.4 is 11.3 Å². The van der Waals surface area contributed by atoms with E-state index in [-0.39, 0.29) is 0 Å². The highest BCUT2D eigenvalue weighted by Gasteiger charge is 2.05. The van der Waals surface area contributed by atoms with Gasteiger partial charge in [0, 0.05) is 8.95 Å². The second-order valence-corrected chi connectivity index (χ2v) is 5.14. The number of hydrazine groups is 1. The number of nitrogens with two attached hydrogens (primary N) is 1. The van der Waals surface area contributed by atoms with Crippen molar-refractivity contribution < 1.29 is 0 Å². The minimum Gasteiger partial charge on any atom is -0.300 e. The van der Waals surface area contributed by atoms with Gasteiger partial charge in [0.25, 0.3) is 0 Å². The summed E-state index contributed by atoms with van der Waals surface area (Å²) in [5.41, 5.74) is 3.47. The van der Waals surface area contributed by atoms with Crippen LogP contribution >= 0.6 is 43.2 Å². The molecule has 0 aliphatic heterocycles. The third kappa shape index (κ3) is 1.71. The van der Waals surface area contributed by atoms with Crippen molar-refractivity contribution in [2.24, 2.45) is 5.84 Å². The van der Waals surface area contributed by atoms with Crippen LogP contribution in [0.15, 0.2) is 21.1 Å². The summed E-state index contributed by atoms with van der Waals surface area (Å²) in [6.45, 7) is 0. The molecule has 1 aromatic heterocycles. The zero-order valence-electron chi connectivity index (χ0n) is 6.34. The standard InChI is InChI=1S/C7H5Br2N3S/c8-3-1-5-6(2-4(3)9)13-7(11-5)12-10/h1-2H,10H2,(H,11,12). The SMILES string of the molecule is NNc1nc2cc(Br)c(Br)cc2s1. The zero-order valence-corrected chi connectivity index (χ0v) is 10.3. The molecule has 2 rings (SSSR count). The van der Waals surface area contributed by atoms with Gasteiger partial charge >= 0.3 is 0 Å². The Balaban J connectivity index is 2.70. The van der Waals surface area contributed by atoms with Gasteiger partial charge in [-0.15, -0.1) is 0 Å². The van der Waals surface area contributed by atoms with Gasteiger partial charge in [-0.25, -0.2) is 10.8 Å². The van der Waals surface area contributed by atoms with Crippen LogP contribution in [0.4, 0.5) is 5.13 Å². The molecule has 68 valence electrons. The third-order valence-electron chi connectivity index (χ3n) is 1.55. The lowest BCUT2D eigenvalue weighted by Gasteiger charge is -1.93. The lowest BCUT2D eigenvalue weighted by atomic mass is 10.3. The molecule has 1 heterocycles. The van der Waals surface area contributed by atoms with Crippen LogP contribution in [0.3, 0.4) is 0 Å². The maximum Gasteiger partial charge on any atom is 0.198 e. The predicted octanol–water partition coefficient (Wildman–Crippen LogP) is 3.11. The number of thiazole rings is 1. The number of nitrogens with zero attached hydrogens (tertiary/aromatic N) is 1. The third-order valence-corrected chi connectivity index (χ3v) is 4.35. The van der Waals surface area contributed by atoms with Gasteiger partial charge < -0.3 is 0 Å². The van der Waals surface area contributed by atoms with Crippen molar-refractivity contribution in [1.82, 2.24) is 4.98 Å². The summed E-state index contributed by atoms with van der Waals surface area (Å²) in [5, 5.41) is 0.722. The molecule has 3 N–H and O–H groups in total. The summed E-state index contributed by atoms with van der Waals surface area (Å²) in [6.07, 6.45) is 0. The highest BCUT2D eigenvalue weighted by atomic mass is 79.9. The van der Waals surface area contributed by atoms with E-state index < -0.39 is 0 Å². The van der Waals surface area contributed by atoms with E-state index in [1.165, 1.54) is 11.3 Å². The Labute approximate surface area is 95.6 Å². The van der Waals surface area contributed by atoms with Gasteiger partial charge in [-0.3, -0.25) is 5.43 Å². The van der Waals surface area contributed by atoms with E-state index in [1.807, 2.05) is 12.1 Å². The minimum absolute atomic E-state index is 0.722. The first-order chi connectivity index (χ1) is 6.20. The summed E-state index contributed by atoms with van der Waals surface area (Å²) >= 11 is 8.36. The molecule has 0 fully saturated rings. The molecule has 0 unspecified atom stereocenters. The topological polar surface area (TPSA) is 50.9 Å². The Morgan fingerprint density at radius 3 is 2.69 bits per heavy atom.